The van der Waals surface area contributed by atoms with Gasteiger partial charge in [0, 0.05) is 51.0 Å². The third-order valence-corrected chi connectivity index (χ3v) is 5.41. The molecule has 2 aliphatic heterocycles. The fourth-order valence-corrected chi connectivity index (χ4v) is 4.10. The molecule has 3 rings (SSSR count). The third kappa shape index (κ3) is 4.38. The molecule has 144 valence electrons. The van der Waals surface area contributed by atoms with Gasteiger partial charge in [-0.05, 0) is 45.6 Å². The lowest BCUT2D eigenvalue weighted by Crippen LogP contribution is -2.56. The molecule has 1 aromatic rings. The highest BCUT2D eigenvalue weighted by atomic mass is 15.4. The molecule has 7 nitrogen and oxygen atoms in total. The molecular formula is C19H33N7. The summed E-state index contributed by atoms with van der Waals surface area (Å²) in [5.74, 6) is 2.57. The Morgan fingerprint density at radius 3 is 2.50 bits per heavy atom. The summed E-state index contributed by atoms with van der Waals surface area (Å²) in [7, 11) is 6.29. The maximum Gasteiger partial charge on any atom is 0.202 e. The van der Waals surface area contributed by atoms with Gasteiger partial charge in [0.25, 0.3) is 0 Å². The molecule has 3 N–H and O–H groups in total. The average Bonchev–Trinajstić information content (AvgIpc) is 3.02. The Balaban J connectivity index is 1.75. The molecule has 0 aromatic carbocycles. The van der Waals surface area contributed by atoms with E-state index in [1.54, 1.807) is 0 Å². The number of hydrogen-bond donors (Lipinski definition) is 3. The second kappa shape index (κ2) is 8.12. The van der Waals surface area contributed by atoms with E-state index in [0.29, 0.717) is 18.1 Å². The van der Waals surface area contributed by atoms with E-state index in [1.165, 1.54) is 32.1 Å². The summed E-state index contributed by atoms with van der Waals surface area (Å²) >= 11 is 0. The molecule has 7 heteroatoms. The van der Waals surface area contributed by atoms with Crippen LogP contribution in [0.1, 0.15) is 44.7 Å². The van der Waals surface area contributed by atoms with Crippen molar-refractivity contribution in [3.8, 4) is 0 Å². The van der Waals surface area contributed by atoms with Crippen LogP contribution in [0.25, 0.3) is 0 Å². The fraction of sp³-hybridized carbons (Fsp3) is 0.684. The van der Waals surface area contributed by atoms with Crippen molar-refractivity contribution < 1.29 is 0 Å². The van der Waals surface area contributed by atoms with E-state index in [4.69, 9.17) is 4.99 Å². The summed E-state index contributed by atoms with van der Waals surface area (Å²) in [6, 6.07) is 3.82. The average molecular weight is 360 g/mol. The van der Waals surface area contributed by atoms with Crippen molar-refractivity contribution >= 4 is 11.8 Å². The first-order chi connectivity index (χ1) is 12.5. The zero-order valence-corrected chi connectivity index (χ0v) is 16.7. The van der Waals surface area contributed by atoms with Crippen LogP contribution in [0.4, 0.5) is 5.82 Å². The highest BCUT2D eigenvalue weighted by molar-refractivity contribution is 5.81. The van der Waals surface area contributed by atoms with Gasteiger partial charge < -0.3 is 20.4 Å². The number of piperidine rings is 2. The van der Waals surface area contributed by atoms with Gasteiger partial charge in [-0.3, -0.25) is 5.10 Å². The molecule has 0 saturated carbocycles. The van der Waals surface area contributed by atoms with E-state index in [2.05, 4.69) is 51.8 Å². The van der Waals surface area contributed by atoms with Gasteiger partial charge in [-0.1, -0.05) is 6.42 Å². The van der Waals surface area contributed by atoms with Crippen LogP contribution < -0.4 is 10.6 Å². The number of nitrogens with zero attached hydrogens (tertiary/aromatic N) is 4. The number of aromatic nitrogens is 2. The molecule has 3 heterocycles. The molecule has 2 atom stereocenters. The van der Waals surface area contributed by atoms with Crippen LogP contribution in [-0.2, 0) is 0 Å². The molecule has 2 unspecified atom stereocenters. The number of anilines is 1. The van der Waals surface area contributed by atoms with Gasteiger partial charge in [0.1, 0.15) is 5.82 Å². The number of hydrogen-bond acceptors (Lipinski definition) is 4. The summed E-state index contributed by atoms with van der Waals surface area (Å²) in [6.07, 6.45) is 8.33. The minimum absolute atomic E-state index is 0.526. The summed E-state index contributed by atoms with van der Waals surface area (Å²) in [4.78, 5) is 9.36. The minimum atomic E-state index is 0.526. The van der Waals surface area contributed by atoms with Crippen molar-refractivity contribution in [2.24, 2.45) is 4.99 Å². The first-order valence-electron chi connectivity index (χ1n) is 9.66. The number of nitrogens with one attached hydrogen (secondary N) is 3. The molecule has 0 spiro atoms. The number of rotatable bonds is 4. The lowest BCUT2D eigenvalue weighted by molar-refractivity contribution is 0.156. The van der Waals surface area contributed by atoms with E-state index < -0.39 is 0 Å². The zero-order valence-electron chi connectivity index (χ0n) is 16.7. The van der Waals surface area contributed by atoms with Crippen LogP contribution in [0.15, 0.2) is 23.0 Å². The van der Waals surface area contributed by atoms with Crippen molar-refractivity contribution in [1.29, 1.82) is 0 Å². The first-order valence-corrected chi connectivity index (χ1v) is 9.66. The number of guanidine groups is 1. The molecule has 26 heavy (non-hydrogen) atoms. The van der Waals surface area contributed by atoms with Crippen LogP contribution in [-0.4, -0.2) is 65.2 Å². The van der Waals surface area contributed by atoms with Crippen molar-refractivity contribution in [2.45, 2.75) is 64.1 Å². The Morgan fingerprint density at radius 2 is 1.96 bits per heavy atom. The van der Waals surface area contributed by atoms with Gasteiger partial charge in [0.2, 0.25) is 5.96 Å². The second-order valence-corrected chi connectivity index (χ2v) is 7.77. The van der Waals surface area contributed by atoms with E-state index >= 15 is 0 Å². The van der Waals surface area contributed by atoms with Crippen LogP contribution in [0.3, 0.4) is 0 Å². The Hall–Kier alpha value is -2.02. The largest absolute Gasteiger partial charge is 0.349 e. The number of aliphatic imine (C=N–C) groups is 1. The Kier molecular flexibility index (Phi) is 5.86. The van der Waals surface area contributed by atoms with Gasteiger partial charge in [-0.2, -0.15) is 10.1 Å². The van der Waals surface area contributed by atoms with E-state index in [-0.39, 0.29) is 0 Å². The maximum atomic E-state index is 4.91. The van der Waals surface area contributed by atoms with Gasteiger partial charge in [-0.15, -0.1) is 0 Å². The van der Waals surface area contributed by atoms with Crippen molar-refractivity contribution in [3.05, 3.63) is 23.7 Å². The standard InChI is InChI=1S/C19H33N7/c1-6-17(21-18-10-13(2)23-24-18)22-19(25(3)4)26(5)16-11-14-8-7-9-15(12-16)20-14/h6,10,14-16,20H,7-9,11-12H2,1-5H3,(H2,21,23,24)/b17-6-,22-19+. The number of fused-ring (bicyclic) bond motifs is 2. The normalized spacial score (nSPS) is 26.6. The second-order valence-electron chi connectivity index (χ2n) is 7.77. The summed E-state index contributed by atoms with van der Waals surface area (Å²) in [5.41, 5.74) is 1.03. The summed E-state index contributed by atoms with van der Waals surface area (Å²) in [6.45, 7) is 3.98. The van der Waals surface area contributed by atoms with Gasteiger partial charge in [-0.25, -0.2) is 0 Å². The molecular weight excluding hydrogens is 326 g/mol. The van der Waals surface area contributed by atoms with Gasteiger partial charge in [0.15, 0.2) is 5.82 Å². The molecule has 2 aliphatic rings. The number of H-pyrrole nitrogens is 1. The van der Waals surface area contributed by atoms with Crippen LogP contribution in [0.2, 0.25) is 0 Å². The van der Waals surface area contributed by atoms with E-state index in [0.717, 1.165) is 23.3 Å². The summed E-state index contributed by atoms with van der Waals surface area (Å²) in [5, 5.41) is 14.3. The lowest BCUT2D eigenvalue weighted by Gasteiger charge is -2.45. The van der Waals surface area contributed by atoms with E-state index in [9.17, 15) is 0 Å². The molecule has 0 radical (unpaired) electrons. The quantitative estimate of drug-likeness (QED) is 0.569. The fourth-order valence-electron chi connectivity index (χ4n) is 4.10. The van der Waals surface area contributed by atoms with Crippen molar-refractivity contribution in [2.75, 3.05) is 26.5 Å². The monoisotopic (exact) mass is 359 g/mol. The minimum Gasteiger partial charge on any atom is -0.349 e. The highest BCUT2D eigenvalue weighted by Gasteiger charge is 2.34. The zero-order chi connectivity index (χ0) is 18.7. The number of aromatic amines is 1. The highest BCUT2D eigenvalue weighted by Crippen LogP contribution is 2.28. The molecule has 0 aliphatic carbocycles. The molecule has 0 amide bonds. The van der Waals surface area contributed by atoms with Crippen molar-refractivity contribution in [3.63, 3.8) is 0 Å². The Morgan fingerprint density at radius 1 is 1.27 bits per heavy atom. The molecule has 2 bridgehead atoms. The molecule has 2 saturated heterocycles. The Labute approximate surface area is 156 Å². The number of allylic oxidation sites excluding steroid dienone is 1. The first kappa shape index (κ1) is 18.8. The van der Waals surface area contributed by atoms with Crippen molar-refractivity contribution in [1.82, 2.24) is 25.3 Å². The van der Waals surface area contributed by atoms with E-state index in [1.807, 2.05) is 26.0 Å². The molecule has 2 fully saturated rings. The van der Waals surface area contributed by atoms with Crippen LogP contribution in [0, 0.1) is 6.92 Å². The topological polar surface area (TPSA) is 71.6 Å². The van der Waals surface area contributed by atoms with Crippen LogP contribution in [0.5, 0.6) is 0 Å². The van der Waals surface area contributed by atoms with Crippen LogP contribution >= 0.6 is 0 Å². The molecule has 1 aromatic heterocycles. The van der Waals surface area contributed by atoms with Gasteiger partial charge >= 0.3 is 0 Å². The van der Waals surface area contributed by atoms with Gasteiger partial charge in [0.05, 0.1) is 0 Å². The predicted molar refractivity (Wildman–Crippen MR) is 107 cm³/mol. The maximum absolute atomic E-state index is 4.91. The smallest absolute Gasteiger partial charge is 0.202 e. The SMILES string of the molecule is C/C=C(\N=C(/N(C)C)N(C)C1CC2CCCC(C1)N2)Nc1cc(C)[nH]n1. The summed E-state index contributed by atoms with van der Waals surface area (Å²) < 4.78 is 0. The third-order valence-electron chi connectivity index (χ3n) is 5.41. The predicted octanol–water partition coefficient (Wildman–Crippen LogP) is 2.51. The number of aryl methyl sites for hydroxylation is 1. The Bertz CT molecular complexity index is 649. The lowest BCUT2D eigenvalue weighted by atomic mass is 9.83.